The molecule has 0 atom stereocenters. The van der Waals surface area contributed by atoms with Crippen molar-refractivity contribution in [3.8, 4) is 0 Å². The number of fused-ring (bicyclic) bond motifs is 1. The third-order valence-electron chi connectivity index (χ3n) is 6.62. The summed E-state index contributed by atoms with van der Waals surface area (Å²) in [5.41, 5.74) is 1.03. The third-order valence-corrected chi connectivity index (χ3v) is 6.62. The van der Waals surface area contributed by atoms with E-state index in [1.165, 1.54) is 12.1 Å². The lowest BCUT2D eigenvalue weighted by atomic mass is 9.73. The SMILES string of the molecule is COCCc1nnc2n1CCC1(CC2)CCN(C(=O)NCc2cccc(F)c2)CC1. The van der Waals surface area contributed by atoms with Gasteiger partial charge in [-0.05, 0) is 48.8 Å². The molecule has 2 aromatic rings. The summed E-state index contributed by atoms with van der Waals surface area (Å²) in [4.78, 5) is 14.5. The summed E-state index contributed by atoms with van der Waals surface area (Å²) >= 11 is 0. The highest BCUT2D eigenvalue weighted by atomic mass is 19.1. The molecular formula is C22H30FN5O2. The standard InChI is InChI=1S/C22H30FN5O2/c1-30-14-6-20-26-25-19-5-7-22(10-13-28(19)20)8-11-27(12-9-22)21(29)24-16-17-3-2-4-18(23)15-17/h2-4,15H,5-14,16H2,1H3,(H,24,29). The van der Waals surface area contributed by atoms with E-state index in [1.807, 2.05) is 11.0 Å². The van der Waals surface area contributed by atoms with Crippen molar-refractivity contribution in [3.05, 3.63) is 47.3 Å². The van der Waals surface area contributed by atoms with Gasteiger partial charge in [0.25, 0.3) is 0 Å². The van der Waals surface area contributed by atoms with Crippen LogP contribution in [0.25, 0.3) is 0 Å². The van der Waals surface area contributed by atoms with Gasteiger partial charge in [0.2, 0.25) is 0 Å². The van der Waals surface area contributed by atoms with Crippen molar-refractivity contribution in [2.45, 2.75) is 51.6 Å². The zero-order chi connectivity index (χ0) is 21.0. The van der Waals surface area contributed by atoms with Crippen LogP contribution in [0.3, 0.4) is 0 Å². The van der Waals surface area contributed by atoms with Gasteiger partial charge >= 0.3 is 6.03 Å². The van der Waals surface area contributed by atoms with Crippen molar-refractivity contribution in [1.29, 1.82) is 0 Å². The molecule has 2 amide bonds. The molecule has 0 radical (unpaired) electrons. The Morgan fingerprint density at radius 3 is 2.77 bits per heavy atom. The number of urea groups is 1. The number of piperidine rings is 1. The molecule has 1 aromatic carbocycles. The highest BCUT2D eigenvalue weighted by molar-refractivity contribution is 5.74. The Labute approximate surface area is 176 Å². The minimum absolute atomic E-state index is 0.0679. The Bertz CT molecular complexity index is 876. The number of likely N-dealkylation sites (tertiary alicyclic amines) is 1. The first-order valence-electron chi connectivity index (χ1n) is 10.8. The first kappa shape index (κ1) is 20.8. The fourth-order valence-electron chi connectivity index (χ4n) is 4.67. The van der Waals surface area contributed by atoms with E-state index in [4.69, 9.17) is 4.74 Å². The molecule has 3 heterocycles. The molecule has 8 heteroatoms. The van der Waals surface area contributed by atoms with Gasteiger partial charge in [-0.25, -0.2) is 9.18 Å². The average Bonchev–Trinajstić information content (AvgIpc) is 3.07. The molecular weight excluding hydrogens is 385 g/mol. The van der Waals surface area contributed by atoms with Crippen molar-refractivity contribution in [1.82, 2.24) is 25.0 Å². The van der Waals surface area contributed by atoms with Crippen LogP contribution in [0, 0.1) is 11.2 Å². The summed E-state index contributed by atoms with van der Waals surface area (Å²) in [6.07, 6.45) is 5.92. The van der Waals surface area contributed by atoms with E-state index in [9.17, 15) is 9.18 Å². The van der Waals surface area contributed by atoms with Gasteiger partial charge in [-0.2, -0.15) is 0 Å². The number of carbonyl (C=O) groups is 1. The molecule has 1 saturated heterocycles. The minimum Gasteiger partial charge on any atom is -0.384 e. The summed E-state index contributed by atoms with van der Waals surface area (Å²) in [7, 11) is 1.71. The lowest BCUT2D eigenvalue weighted by Gasteiger charge is -2.41. The lowest BCUT2D eigenvalue weighted by molar-refractivity contribution is 0.100. The topological polar surface area (TPSA) is 72.3 Å². The Balaban J connectivity index is 1.29. The van der Waals surface area contributed by atoms with E-state index < -0.39 is 0 Å². The number of carbonyl (C=O) groups excluding carboxylic acids is 1. The normalized spacial score (nSPS) is 18.1. The summed E-state index contributed by atoms with van der Waals surface area (Å²) < 4.78 is 20.8. The molecule has 4 rings (SSSR count). The summed E-state index contributed by atoms with van der Waals surface area (Å²) in [6, 6.07) is 6.27. The quantitative estimate of drug-likeness (QED) is 0.815. The Hall–Kier alpha value is -2.48. The zero-order valence-corrected chi connectivity index (χ0v) is 17.6. The fourth-order valence-corrected chi connectivity index (χ4v) is 4.67. The highest BCUT2D eigenvalue weighted by Crippen LogP contribution is 2.41. The Morgan fingerprint density at radius 2 is 2.00 bits per heavy atom. The zero-order valence-electron chi connectivity index (χ0n) is 17.6. The van der Waals surface area contributed by atoms with Crippen LogP contribution in [-0.4, -0.2) is 52.5 Å². The Morgan fingerprint density at radius 1 is 1.20 bits per heavy atom. The molecule has 1 fully saturated rings. The molecule has 1 aromatic heterocycles. The van der Waals surface area contributed by atoms with Gasteiger partial charge in [0.15, 0.2) is 0 Å². The maximum Gasteiger partial charge on any atom is 0.317 e. The number of rotatable bonds is 5. The van der Waals surface area contributed by atoms with E-state index in [0.717, 1.165) is 75.4 Å². The lowest BCUT2D eigenvalue weighted by Crippen LogP contribution is -2.47. The monoisotopic (exact) mass is 415 g/mol. The summed E-state index contributed by atoms with van der Waals surface area (Å²) in [6.45, 7) is 3.45. The van der Waals surface area contributed by atoms with Gasteiger partial charge in [0.05, 0.1) is 6.61 Å². The number of halogens is 1. The summed E-state index contributed by atoms with van der Waals surface area (Å²) in [5.74, 6) is 1.81. The van der Waals surface area contributed by atoms with Gasteiger partial charge in [0, 0.05) is 46.1 Å². The van der Waals surface area contributed by atoms with E-state index in [1.54, 1.807) is 13.2 Å². The van der Waals surface area contributed by atoms with E-state index in [2.05, 4.69) is 20.1 Å². The van der Waals surface area contributed by atoms with E-state index in [-0.39, 0.29) is 17.3 Å². The van der Waals surface area contributed by atoms with E-state index in [0.29, 0.717) is 13.2 Å². The number of amides is 2. The number of benzene rings is 1. The van der Waals surface area contributed by atoms with Crippen molar-refractivity contribution in [3.63, 3.8) is 0 Å². The maximum atomic E-state index is 13.3. The largest absolute Gasteiger partial charge is 0.384 e. The van der Waals surface area contributed by atoms with Crippen molar-refractivity contribution in [2.24, 2.45) is 5.41 Å². The molecule has 7 nitrogen and oxygen atoms in total. The maximum absolute atomic E-state index is 13.3. The smallest absolute Gasteiger partial charge is 0.317 e. The average molecular weight is 416 g/mol. The minimum atomic E-state index is -0.282. The second kappa shape index (κ2) is 9.12. The van der Waals surface area contributed by atoms with Crippen molar-refractivity contribution >= 4 is 6.03 Å². The number of hydrogen-bond acceptors (Lipinski definition) is 4. The van der Waals surface area contributed by atoms with Crippen LogP contribution >= 0.6 is 0 Å². The highest BCUT2D eigenvalue weighted by Gasteiger charge is 2.37. The molecule has 2 aliphatic heterocycles. The molecule has 0 aliphatic carbocycles. The third kappa shape index (κ3) is 4.64. The first-order valence-corrected chi connectivity index (χ1v) is 10.8. The molecule has 30 heavy (non-hydrogen) atoms. The Kier molecular flexibility index (Phi) is 6.32. The van der Waals surface area contributed by atoms with Crippen LogP contribution in [0.15, 0.2) is 24.3 Å². The second-order valence-corrected chi connectivity index (χ2v) is 8.45. The number of nitrogens with zero attached hydrogens (tertiary/aromatic N) is 4. The van der Waals surface area contributed by atoms with Crippen LogP contribution in [0.2, 0.25) is 0 Å². The number of hydrogen-bond donors (Lipinski definition) is 1. The molecule has 0 saturated carbocycles. The van der Waals surface area contributed by atoms with Crippen LogP contribution in [0.5, 0.6) is 0 Å². The predicted molar refractivity (Wildman–Crippen MR) is 110 cm³/mol. The number of nitrogens with one attached hydrogen (secondary N) is 1. The van der Waals surface area contributed by atoms with Crippen molar-refractivity contribution < 1.29 is 13.9 Å². The number of ether oxygens (including phenoxy) is 1. The fraction of sp³-hybridized carbons (Fsp3) is 0.591. The first-order chi connectivity index (χ1) is 14.6. The van der Waals surface area contributed by atoms with Crippen molar-refractivity contribution in [2.75, 3.05) is 26.8 Å². The van der Waals surface area contributed by atoms with Gasteiger partial charge in [-0.3, -0.25) is 0 Å². The number of aromatic nitrogens is 3. The van der Waals surface area contributed by atoms with Gasteiger partial charge in [0.1, 0.15) is 17.5 Å². The predicted octanol–water partition coefficient (Wildman–Crippen LogP) is 2.93. The molecule has 162 valence electrons. The summed E-state index contributed by atoms with van der Waals surface area (Å²) in [5, 5.41) is 11.7. The van der Waals surface area contributed by atoms with Crippen LogP contribution < -0.4 is 5.32 Å². The molecule has 1 N–H and O–H groups in total. The molecule has 0 bridgehead atoms. The van der Waals surface area contributed by atoms with Gasteiger partial charge in [-0.15, -0.1) is 10.2 Å². The number of aryl methyl sites for hydroxylation is 1. The van der Waals surface area contributed by atoms with Gasteiger partial charge < -0.3 is 19.5 Å². The van der Waals surface area contributed by atoms with E-state index >= 15 is 0 Å². The second-order valence-electron chi connectivity index (χ2n) is 8.45. The van der Waals surface area contributed by atoms with Crippen LogP contribution in [0.4, 0.5) is 9.18 Å². The van der Waals surface area contributed by atoms with Crippen LogP contribution in [0.1, 0.15) is 42.9 Å². The van der Waals surface area contributed by atoms with Gasteiger partial charge in [-0.1, -0.05) is 12.1 Å². The molecule has 1 spiro atoms. The molecule has 0 unspecified atom stereocenters. The molecule has 2 aliphatic rings. The number of methoxy groups -OCH3 is 1. The van der Waals surface area contributed by atoms with Crippen LogP contribution in [-0.2, 0) is 30.7 Å².